The van der Waals surface area contributed by atoms with E-state index in [1.54, 1.807) is 12.1 Å². The van der Waals surface area contributed by atoms with Crippen molar-refractivity contribution in [2.24, 2.45) is 5.41 Å². The van der Waals surface area contributed by atoms with Crippen LogP contribution in [0.3, 0.4) is 0 Å². The zero-order chi connectivity index (χ0) is 21.9. The van der Waals surface area contributed by atoms with Gasteiger partial charge in [0.05, 0.1) is 5.69 Å². The van der Waals surface area contributed by atoms with Crippen molar-refractivity contribution >= 4 is 23.2 Å². The molecule has 0 unspecified atom stereocenters. The SMILES string of the molecule is Cc1nn2c(c1-c1ccc(Cl)cc1)NC1=C(C(=O)CC(C)(C)C1)[C@@H]2c1ccc(F)cc1. The van der Waals surface area contributed by atoms with Crippen LogP contribution in [0.25, 0.3) is 11.1 Å². The first-order valence-corrected chi connectivity index (χ1v) is 10.7. The van der Waals surface area contributed by atoms with Crippen LogP contribution in [-0.4, -0.2) is 15.6 Å². The van der Waals surface area contributed by atoms with Crippen LogP contribution in [0.15, 0.2) is 59.8 Å². The first kappa shape index (κ1) is 20.0. The summed E-state index contributed by atoms with van der Waals surface area (Å²) >= 11 is 6.10. The van der Waals surface area contributed by atoms with Crippen LogP contribution in [-0.2, 0) is 4.79 Å². The molecule has 0 amide bonds. The first-order valence-electron chi connectivity index (χ1n) is 10.4. The standard InChI is InChI=1S/C25H23ClFN3O/c1-14-21(15-4-8-17(26)9-5-15)24-28-19-12-25(2,3)13-20(31)22(19)23(30(24)29-14)16-6-10-18(27)11-7-16/h4-11,23,28H,12-13H2,1-3H3/t23-/m0/s1. The number of benzene rings is 2. The molecule has 2 aliphatic rings. The van der Waals surface area contributed by atoms with Crippen molar-refractivity contribution in [1.82, 2.24) is 9.78 Å². The van der Waals surface area contributed by atoms with Crippen molar-refractivity contribution in [2.75, 3.05) is 5.32 Å². The number of carbonyl (C=O) groups excluding carboxylic acids is 1. The first-order chi connectivity index (χ1) is 14.7. The van der Waals surface area contributed by atoms with Crippen molar-refractivity contribution in [3.05, 3.63) is 81.9 Å². The third kappa shape index (κ3) is 3.37. The number of carbonyl (C=O) groups is 1. The van der Waals surface area contributed by atoms with Crippen LogP contribution in [0.5, 0.6) is 0 Å². The van der Waals surface area contributed by atoms with E-state index in [0.717, 1.165) is 45.9 Å². The fourth-order valence-corrected chi connectivity index (χ4v) is 4.92. The molecule has 5 rings (SSSR count). The maximum atomic E-state index is 13.7. The Morgan fingerprint density at radius 2 is 1.77 bits per heavy atom. The number of ketones is 1. The molecule has 3 aromatic rings. The number of nitrogens with zero attached hydrogens (tertiary/aromatic N) is 2. The summed E-state index contributed by atoms with van der Waals surface area (Å²) in [5.74, 6) is 0.653. The molecule has 0 radical (unpaired) electrons. The highest BCUT2D eigenvalue weighted by Gasteiger charge is 2.42. The third-order valence-electron chi connectivity index (χ3n) is 6.11. The predicted octanol–water partition coefficient (Wildman–Crippen LogP) is 6.31. The van der Waals surface area contributed by atoms with E-state index in [9.17, 15) is 9.18 Å². The van der Waals surface area contributed by atoms with E-state index >= 15 is 0 Å². The van der Waals surface area contributed by atoms with Gasteiger partial charge in [-0.1, -0.05) is 49.7 Å². The number of aryl methyl sites for hydroxylation is 1. The second-order valence-electron chi connectivity index (χ2n) is 9.17. The lowest BCUT2D eigenvalue weighted by molar-refractivity contribution is -0.118. The van der Waals surface area contributed by atoms with Crippen LogP contribution in [0.2, 0.25) is 5.02 Å². The Morgan fingerprint density at radius 3 is 2.45 bits per heavy atom. The van der Waals surface area contributed by atoms with Gasteiger partial charge in [-0.3, -0.25) is 4.79 Å². The highest BCUT2D eigenvalue weighted by atomic mass is 35.5. The molecule has 2 heterocycles. The second kappa shape index (κ2) is 7.06. The average molecular weight is 436 g/mol. The summed E-state index contributed by atoms with van der Waals surface area (Å²) < 4.78 is 15.5. The third-order valence-corrected chi connectivity index (χ3v) is 6.36. The second-order valence-corrected chi connectivity index (χ2v) is 9.61. The predicted molar refractivity (Wildman–Crippen MR) is 121 cm³/mol. The molecule has 0 bridgehead atoms. The molecule has 1 aliphatic heterocycles. The Bertz CT molecular complexity index is 1220. The van der Waals surface area contributed by atoms with Gasteiger partial charge in [0.2, 0.25) is 0 Å². The highest BCUT2D eigenvalue weighted by molar-refractivity contribution is 6.30. The lowest BCUT2D eigenvalue weighted by Gasteiger charge is -2.39. The number of anilines is 1. The smallest absolute Gasteiger partial charge is 0.163 e. The lowest BCUT2D eigenvalue weighted by Crippen LogP contribution is -2.36. The van der Waals surface area contributed by atoms with Crippen molar-refractivity contribution in [2.45, 2.75) is 39.7 Å². The lowest BCUT2D eigenvalue weighted by atomic mass is 9.73. The molecule has 0 saturated carbocycles. The molecule has 0 saturated heterocycles. The normalized spacial score (nSPS) is 19.6. The number of hydrogen-bond donors (Lipinski definition) is 1. The van der Waals surface area contributed by atoms with E-state index in [1.807, 2.05) is 35.9 Å². The van der Waals surface area contributed by atoms with Gasteiger partial charge in [-0.15, -0.1) is 0 Å². The van der Waals surface area contributed by atoms with Crippen molar-refractivity contribution in [3.8, 4) is 11.1 Å². The minimum atomic E-state index is -0.393. The quantitative estimate of drug-likeness (QED) is 0.513. The fraction of sp³-hybridized carbons (Fsp3) is 0.280. The van der Waals surface area contributed by atoms with Gasteiger partial charge in [0.25, 0.3) is 0 Å². The monoisotopic (exact) mass is 435 g/mol. The molecule has 1 aromatic heterocycles. The molecule has 1 N–H and O–H groups in total. The van der Waals surface area contributed by atoms with Crippen LogP contribution >= 0.6 is 11.6 Å². The molecule has 31 heavy (non-hydrogen) atoms. The Labute approximate surface area is 185 Å². The summed E-state index contributed by atoms with van der Waals surface area (Å²) in [5.41, 5.74) is 5.19. The number of nitrogens with one attached hydrogen (secondary N) is 1. The van der Waals surface area contributed by atoms with Gasteiger partial charge in [0, 0.05) is 28.3 Å². The molecule has 0 spiro atoms. The molecule has 158 valence electrons. The number of fused-ring (bicyclic) bond motifs is 1. The molecule has 1 atom stereocenters. The van der Waals surface area contributed by atoms with Crippen molar-refractivity contribution in [1.29, 1.82) is 0 Å². The number of rotatable bonds is 2. The Kier molecular flexibility index (Phi) is 4.56. The number of halogens is 2. The molecular weight excluding hydrogens is 413 g/mol. The maximum Gasteiger partial charge on any atom is 0.163 e. The Hall–Kier alpha value is -2.92. The summed E-state index contributed by atoms with van der Waals surface area (Å²) in [6, 6.07) is 13.6. The summed E-state index contributed by atoms with van der Waals surface area (Å²) in [7, 11) is 0. The van der Waals surface area contributed by atoms with E-state index in [2.05, 4.69) is 19.2 Å². The molecular formula is C25H23ClFN3O. The van der Waals surface area contributed by atoms with E-state index in [4.69, 9.17) is 16.7 Å². The number of allylic oxidation sites excluding steroid dienone is 2. The van der Waals surface area contributed by atoms with Gasteiger partial charge in [0.15, 0.2) is 5.78 Å². The largest absolute Gasteiger partial charge is 0.343 e. The number of aromatic nitrogens is 2. The van der Waals surface area contributed by atoms with Gasteiger partial charge in [0.1, 0.15) is 17.7 Å². The minimum Gasteiger partial charge on any atom is -0.343 e. The minimum absolute atomic E-state index is 0.111. The van der Waals surface area contributed by atoms with E-state index in [0.29, 0.717) is 11.4 Å². The topological polar surface area (TPSA) is 46.9 Å². The van der Waals surface area contributed by atoms with Crippen LogP contribution in [0.4, 0.5) is 10.2 Å². The van der Waals surface area contributed by atoms with E-state index in [1.165, 1.54) is 12.1 Å². The number of hydrogen-bond acceptors (Lipinski definition) is 3. The number of Topliss-reactive ketones (excluding diaryl/α,β-unsaturated/α-hetero) is 1. The van der Waals surface area contributed by atoms with Gasteiger partial charge in [-0.25, -0.2) is 9.07 Å². The van der Waals surface area contributed by atoms with Gasteiger partial charge in [-0.2, -0.15) is 5.10 Å². The van der Waals surface area contributed by atoms with Crippen LogP contribution < -0.4 is 5.32 Å². The summed E-state index contributed by atoms with van der Waals surface area (Å²) in [5, 5.41) is 9.05. The Morgan fingerprint density at radius 1 is 1.10 bits per heavy atom. The molecule has 2 aromatic carbocycles. The van der Waals surface area contributed by atoms with E-state index < -0.39 is 6.04 Å². The molecule has 1 aliphatic carbocycles. The average Bonchev–Trinajstić information content (AvgIpc) is 3.02. The fourth-order valence-electron chi connectivity index (χ4n) is 4.80. The van der Waals surface area contributed by atoms with Gasteiger partial charge in [-0.05, 0) is 54.2 Å². The zero-order valence-corrected chi connectivity index (χ0v) is 18.4. The van der Waals surface area contributed by atoms with E-state index in [-0.39, 0.29) is 17.0 Å². The Balaban J connectivity index is 1.74. The van der Waals surface area contributed by atoms with Crippen LogP contribution in [0, 0.1) is 18.2 Å². The summed E-state index contributed by atoms with van der Waals surface area (Å²) in [4.78, 5) is 13.3. The summed E-state index contributed by atoms with van der Waals surface area (Å²) in [6.45, 7) is 6.18. The van der Waals surface area contributed by atoms with Crippen LogP contribution in [0.1, 0.15) is 44.0 Å². The highest BCUT2D eigenvalue weighted by Crippen LogP contribution is 2.48. The summed E-state index contributed by atoms with van der Waals surface area (Å²) in [6.07, 6.45) is 1.24. The molecule has 6 heteroatoms. The molecule has 4 nitrogen and oxygen atoms in total. The molecule has 0 fully saturated rings. The maximum absolute atomic E-state index is 13.7. The zero-order valence-electron chi connectivity index (χ0n) is 17.7. The van der Waals surface area contributed by atoms with Crippen molar-refractivity contribution < 1.29 is 9.18 Å². The van der Waals surface area contributed by atoms with Gasteiger partial charge >= 0.3 is 0 Å². The van der Waals surface area contributed by atoms with Gasteiger partial charge < -0.3 is 5.32 Å². The van der Waals surface area contributed by atoms with Crippen molar-refractivity contribution in [3.63, 3.8) is 0 Å².